The number of hydrogen-bond acceptors (Lipinski definition) is 5. The number of benzene rings is 2. The van der Waals surface area contributed by atoms with E-state index in [-0.39, 0.29) is 17.1 Å². The third kappa shape index (κ3) is 6.54. The summed E-state index contributed by atoms with van der Waals surface area (Å²) in [5.41, 5.74) is 1.89. The number of anilines is 1. The highest BCUT2D eigenvalue weighted by molar-refractivity contribution is 7.80. The van der Waals surface area contributed by atoms with Gasteiger partial charge in [-0.25, -0.2) is 0 Å². The van der Waals surface area contributed by atoms with Gasteiger partial charge in [-0.05, 0) is 77.9 Å². The fourth-order valence-corrected chi connectivity index (χ4v) is 5.38. The number of nitrogens with one attached hydrogen (secondary N) is 2. The molecular weight excluding hydrogens is 446 g/mol. The molecule has 1 saturated heterocycles. The number of ether oxygens (including phenoxy) is 3. The number of piperidine rings is 1. The minimum Gasteiger partial charge on any atom is -0.497 e. The Hall–Kier alpha value is -2.51. The van der Waals surface area contributed by atoms with Crippen LogP contribution < -0.4 is 24.8 Å². The lowest BCUT2D eigenvalue weighted by Crippen LogP contribution is -2.63. The van der Waals surface area contributed by atoms with E-state index in [4.69, 9.17) is 26.4 Å². The molecule has 3 rings (SSSR count). The van der Waals surface area contributed by atoms with Crippen molar-refractivity contribution in [2.45, 2.75) is 71.1 Å². The van der Waals surface area contributed by atoms with Gasteiger partial charge in [-0.2, -0.15) is 0 Å². The van der Waals surface area contributed by atoms with Crippen LogP contribution in [-0.2, 0) is 6.54 Å². The van der Waals surface area contributed by atoms with Gasteiger partial charge in [0.15, 0.2) is 5.11 Å². The van der Waals surface area contributed by atoms with Gasteiger partial charge < -0.3 is 29.7 Å². The van der Waals surface area contributed by atoms with Crippen molar-refractivity contribution in [1.82, 2.24) is 10.2 Å². The number of hydrogen-bond donors (Lipinski definition) is 2. The molecule has 0 atom stereocenters. The van der Waals surface area contributed by atoms with E-state index in [1.807, 2.05) is 37.3 Å². The zero-order valence-electron chi connectivity index (χ0n) is 21.5. The lowest BCUT2D eigenvalue weighted by molar-refractivity contribution is 0.101. The molecule has 186 valence electrons. The molecule has 34 heavy (non-hydrogen) atoms. The number of nitrogens with zero attached hydrogens (tertiary/aromatic N) is 1. The Morgan fingerprint density at radius 3 is 2.32 bits per heavy atom. The van der Waals surface area contributed by atoms with Crippen molar-refractivity contribution in [1.29, 1.82) is 0 Å². The molecule has 2 N–H and O–H groups in total. The molecule has 0 aliphatic carbocycles. The van der Waals surface area contributed by atoms with Crippen molar-refractivity contribution in [3.63, 3.8) is 0 Å². The average molecular weight is 486 g/mol. The Morgan fingerprint density at radius 2 is 1.71 bits per heavy atom. The minimum absolute atomic E-state index is 0.0163. The molecular formula is C27H39N3O3S. The van der Waals surface area contributed by atoms with E-state index in [0.29, 0.717) is 24.0 Å². The van der Waals surface area contributed by atoms with E-state index in [2.05, 4.69) is 55.4 Å². The van der Waals surface area contributed by atoms with Crippen LogP contribution in [0.25, 0.3) is 0 Å². The summed E-state index contributed by atoms with van der Waals surface area (Å²) in [5, 5.41) is 7.90. The lowest BCUT2D eigenvalue weighted by Gasteiger charge is -2.50. The summed E-state index contributed by atoms with van der Waals surface area (Å²) < 4.78 is 16.9. The van der Waals surface area contributed by atoms with Crippen LogP contribution in [0.15, 0.2) is 42.5 Å². The summed E-state index contributed by atoms with van der Waals surface area (Å²) in [7, 11) is 3.29. The second kappa shape index (κ2) is 10.8. The number of rotatable bonds is 8. The van der Waals surface area contributed by atoms with Crippen LogP contribution >= 0.6 is 12.2 Å². The summed E-state index contributed by atoms with van der Waals surface area (Å²) in [4.78, 5) is 2.31. The molecule has 2 aromatic carbocycles. The average Bonchev–Trinajstić information content (AvgIpc) is 2.76. The third-order valence-corrected chi connectivity index (χ3v) is 6.47. The quantitative estimate of drug-likeness (QED) is 0.471. The fraction of sp³-hybridized carbons (Fsp3) is 0.519. The Morgan fingerprint density at radius 1 is 1.03 bits per heavy atom. The molecule has 6 nitrogen and oxygen atoms in total. The van der Waals surface area contributed by atoms with Gasteiger partial charge in [-0.15, -0.1) is 0 Å². The highest BCUT2D eigenvalue weighted by atomic mass is 32.1. The van der Waals surface area contributed by atoms with Crippen molar-refractivity contribution in [2.24, 2.45) is 0 Å². The van der Waals surface area contributed by atoms with Gasteiger partial charge in [0.05, 0.1) is 26.5 Å². The molecule has 0 amide bonds. The van der Waals surface area contributed by atoms with E-state index in [0.717, 1.165) is 35.6 Å². The first-order valence-corrected chi connectivity index (χ1v) is 12.3. The predicted octanol–water partition coefficient (Wildman–Crippen LogP) is 5.61. The standard InChI is InChI=1S/C27H39N3O3S/c1-8-33-23-12-10-9-11-19(23)18-30(20-16-26(2,3)29-27(4,5)17-20)25(34)28-22-14-13-21(31-6)15-24(22)32-7/h9-15,20,29H,8,16-18H2,1-7H3,(H,28,34). The third-order valence-electron chi connectivity index (χ3n) is 6.13. The maximum Gasteiger partial charge on any atom is 0.174 e. The molecule has 0 aromatic heterocycles. The maximum absolute atomic E-state index is 6.03. The maximum atomic E-state index is 6.03. The summed E-state index contributed by atoms with van der Waals surface area (Å²) >= 11 is 6.03. The number of methoxy groups -OCH3 is 2. The molecule has 0 bridgehead atoms. The zero-order valence-corrected chi connectivity index (χ0v) is 22.3. The summed E-state index contributed by atoms with van der Waals surface area (Å²) in [5.74, 6) is 2.31. The summed E-state index contributed by atoms with van der Waals surface area (Å²) in [6, 6.07) is 14.1. The first-order valence-electron chi connectivity index (χ1n) is 11.9. The van der Waals surface area contributed by atoms with Crippen LogP contribution in [0.5, 0.6) is 17.2 Å². The van der Waals surface area contributed by atoms with Crippen molar-refractivity contribution >= 4 is 23.0 Å². The van der Waals surface area contributed by atoms with Crippen LogP contribution in [0.1, 0.15) is 53.0 Å². The van der Waals surface area contributed by atoms with Crippen molar-refractivity contribution in [3.8, 4) is 17.2 Å². The predicted molar refractivity (Wildman–Crippen MR) is 143 cm³/mol. The molecule has 1 aliphatic heterocycles. The Labute approximate surface area is 210 Å². The Kier molecular flexibility index (Phi) is 8.31. The molecule has 0 spiro atoms. The smallest absolute Gasteiger partial charge is 0.174 e. The highest BCUT2D eigenvalue weighted by Crippen LogP contribution is 2.35. The van der Waals surface area contributed by atoms with Crippen molar-refractivity contribution < 1.29 is 14.2 Å². The van der Waals surface area contributed by atoms with E-state index >= 15 is 0 Å². The summed E-state index contributed by atoms with van der Waals surface area (Å²) in [6.07, 6.45) is 1.93. The number of thiocarbonyl (C=S) groups is 1. The van der Waals surface area contributed by atoms with E-state index < -0.39 is 0 Å². The second-order valence-electron chi connectivity index (χ2n) is 10.1. The van der Waals surface area contributed by atoms with Crippen molar-refractivity contribution in [3.05, 3.63) is 48.0 Å². The van der Waals surface area contributed by atoms with Gasteiger partial charge in [-0.1, -0.05) is 18.2 Å². The normalized spacial score (nSPS) is 17.0. The largest absolute Gasteiger partial charge is 0.497 e. The van der Waals surface area contributed by atoms with Gasteiger partial charge >= 0.3 is 0 Å². The highest BCUT2D eigenvalue weighted by Gasteiger charge is 2.40. The second-order valence-corrected chi connectivity index (χ2v) is 10.5. The molecule has 0 unspecified atom stereocenters. The van der Waals surface area contributed by atoms with E-state index in [9.17, 15) is 0 Å². The van der Waals surface area contributed by atoms with Crippen LogP contribution in [0, 0.1) is 0 Å². The molecule has 1 heterocycles. The monoisotopic (exact) mass is 485 g/mol. The van der Waals surface area contributed by atoms with Crippen LogP contribution in [0.4, 0.5) is 5.69 Å². The molecule has 0 radical (unpaired) electrons. The molecule has 1 aliphatic rings. The van der Waals surface area contributed by atoms with Gasteiger partial charge in [0.25, 0.3) is 0 Å². The van der Waals surface area contributed by atoms with Crippen LogP contribution in [-0.4, -0.2) is 48.0 Å². The fourth-order valence-electron chi connectivity index (χ4n) is 5.06. The topological polar surface area (TPSA) is 55.0 Å². The van der Waals surface area contributed by atoms with Crippen molar-refractivity contribution in [2.75, 3.05) is 26.1 Å². The van der Waals surface area contributed by atoms with Crippen LogP contribution in [0.2, 0.25) is 0 Å². The van der Waals surface area contributed by atoms with Crippen LogP contribution in [0.3, 0.4) is 0 Å². The van der Waals surface area contributed by atoms with Gasteiger partial charge in [-0.3, -0.25) is 0 Å². The molecule has 2 aromatic rings. The zero-order chi connectivity index (χ0) is 24.9. The first kappa shape index (κ1) is 26.1. The minimum atomic E-state index is -0.0163. The van der Waals surface area contributed by atoms with E-state index in [1.165, 1.54) is 0 Å². The SMILES string of the molecule is CCOc1ccccc1CN(C(=S)Nc1ccc(OC)cc1OC)C1CC(C)(C)NC(C)(C)C1. The van der Waals surface area contributed by atoms with Gasteiger partial charge in [0, 0.05) is 35.3 Å². The first-order chi connectivity index (χ1) is 16.1. The Balaban J connectivity index is 1.95. The van der Waals surface area contributed by atoms with Gasteiger partial charge in [0.2, 0.25) is 0 Å². The van der Waals surface area contributed by atoms with Gasteiger partial charge in [0.1, 0.15) is 17.2 Å². The molecule has 7 heteroatoms. The molecule has 0 saturated carbocycles. The lowest BCUT2D eigenvalue weighted by atomic mass is 9.79. The molecule has 1 fully saturated rings. The number of para-hydroxylation sites is 1. The Bertz CT molecular complexity index is 977. The summed E-state index contributed by atoms with van der Waals surface area (Å²) in [6.45, 7) is 12.3. The van der Waals surface area contributed by atoms with E-state index in [1.54, 1.807) is 14.2 Å².